The number of pyridine rings is 1. The fourth-order valence-electron chi connectivity index (χ4n) is 2.59. The van der Waals surface area contributed by atoms with Crippen LogP contribution in [0.3, 0.4) is 0 Å². The van der Waals surface area contributed by atoms with Crippen molar-refractivity contribution in [3.63, 3.8) is 0 Å². The molecule has 7 nitrogen and oxygen atoms in total. The van der Waals surface area contributed by atoms with Crippen molar-refractivity contribution in [2.24, 2.45) is 4.36 Å². The highest BCUT2D eigenvalue weighted by Crippen LogP contribution is 2.16. The van der Waals surface area contributed by atoms with Gasteiger partial charge in [-0.05, 0) is 36.4 Å². The zero-order valence-electron chi connectivity index (χ0n) is 16.6. The fraction of sp³-hybridized carbons (Fsp3) is 0.0870. The van der Waals surface area contributed by atoms with Crippen LogP contribution in [-0.4, -0.2) is 38.9 Å². The molecule has 0 spiro atoms. The van der Waals surface area contributed by atoms with Gasteiger partial charge in [-0.3, -0.25) is 14.6 Å². The first-order valence-corrected chi connectivity index (χ1v) is 10.9. The second kappa shape index (κ2) is 9.69. The van der Waals surface area contributed by atoms with E-state index < -0.39 is 27.3 Å². The van der Waals surface area contributed by atoms with Gasteiger partial charge in [0.25, 0.3) is 5.91 Å². The Kier molecular flexibility index (Phi) is 6.80. The summed E-state index contributed by atoms with van der Waals surface area (Å²) in [6, 6.07) is 16.1. The molecule has 2 N–H and O–H groups in total. The van der Waals surface area contributed by atoms with Crippen LogP contribution in [0.2, 0.25) is 0 Å². The molecule has 0 radical (unpaired) electrons. The van der Waals surface area contributed by atoms with Crippen LogP contribution in [0, 0.1) is 11.8 Å². The lowest BCUT2D eigenvalue weighted by molar-refractivity contribution is -0.118. The number of hydrogen-bond acceptors (Lipinski definition) is 5. The molecular weight excluding hydrogens is 414 g/mol. The molecule has 3 rings (SSSR count). The van der Waals surface area contributed by atoms with Crippen molar-refractivity contribution in [1.29, 1.82) is 0 Å². The topological polar surface area (TPSA) is 109 Å². The standard InChI is InChI=1S/C23H19N3O4S/c1-24-22(28)16-31(30,21-8-3-2-4-9-21)26-23(29)19-12-18(14-25-15-19)11-10-17-6-5-7-20(27)13-17/h2-9,12-15,27H,16H2,1H3,(H,24,28)/t31-/m0/s1. The minimum atomic E-state index is -3.33. The van der Waals surface area contributed by atoms with Gasteiger partial charge in [-0.2, -0.15) is 4.36 Å². The lowest BCUT2D eigenvalue weighted by Gasteiger charge is -2.09. The van der Waals surface area contributed by atoms with Crippen LogP contribution in [0.5, 0.6) is 5.75 Å². The Morgan fingerprint density at radius 3 is 2.48 bits per heavy atom. The van der Waals surface area contributed by atoms with Crippen molar-refractivity contribution in [2.45, 2.75) is 4.90 Å². The maximum absolute atomic E-state index is 13.4. The number of phenolic OH excluding ortho intramolecular Hbond substituents is 1. The molecule has 0 saturated carbocycles. The Hall–Kier alpha value is -3.96. The second-order valence-electron chi connectivity index (χ2n) is 6.43. The Morgan fingerprint density at radius 1 is 1.03 bits per heavy atom. The number of carbonyl (C=O) groups is 2. The van der Waals surface area contributed by atoms with Gasteiger partial charge in [0.2, 0.25) is 5.91 Å². The molecule has 1 atom stereocenters. The maximum atomic E-state index is 13.4. The van der Waals surface area contributed by atoms with E-state index in [9.17, 15) is 18.9 Å². The molecule has 0 aliphatic heterocycles. The summed E-state index contributed by atoms with van der Waals surface area (Å²) in [5.74, 6) is 4.15. The molecule has 8 heteroatoms. The van der Waals surface area contributed by atoms with Crippen LogP contribution >= 0.6 is 0 Å². The van der Waals surface area contributed by atoms with E-state index in [0.29, 0.717) is 16.0 Å². The summed E-state index contributed by atoms with van der Waals surface area (Å²) in [7, 11) is -1.90. The van der Waals surface area contributed by atoms with E-state index in [-0.39, 0.29) is 11.3 Å². The normalized spacial score (nSPS) is 12.0. The number of carbonyl (C=O) groups excluding carboxylic acids is 2. The van der Waals surface area contributed by atoms with E-state index in [0.717, 1.165) is 0 Å². The summed E-state index contributed by atoms with van der Waals surface area (Å²) >= 11 is 0. The summed E-state index contributed by atoms with van der Waals surface area (Å²) in [6.45, 7) is 0. The predicted octanol–water partition coefficient (Wildman–Crippen LogP) is 2.60. The number of aromatic hydroxyl groups is 1. The van der Waals surface area contributed by atoms with Crippen molar-refractivity contribution in [2.75, 3.05) is 12.8 Å². The third-order valence-corrected chi connectivity index (χ3v) is 6.25. The molecule has 0 aliphatic carbocycles. The van der Waals surface area contributed by atoms with Crippen molar-refractivity contribution in [3.05, 3.63) is 89.7 Å². The van der Waals surface area contributed by atoms with E-state index in [1.165, 1.54) is 37.6 Å². The largest absolute Gasteiger partial charge is 0.508 e. The molecule has 2 amide bonds. The quantitative estimate of drug-likeness (QED) is 0.615. The summed E-state index contributed by atoms with van der Waals surface area (Å²) in [4.78, 5) is 29.0. The number of phenols is 1. The monoisotopic (exact) mass is 433 g/mol. The molecule has 0 aliphatic rings. The molecule has 0 unspecified atom stereocenters. The van der Waals surface area contributed by atoms with Crippen molar-refractivity contribution in [1.82, 2.24) is 10.3 Å². The predicted molar refractivity (Wildman–Crippen MR) is 117 cm³/mol. The number of nitrogens with one attached hydrogen (secondary N) is 1. The molecule has 0 fully saturated rings. The van der Waals surface area contributed by atoms with Gasteiger partial charge in [-0.1, -0.05) is 36.1 Å². The maximum Gasteiger partial charge on any atom is 0.286 e. The fourth-order valence-corrected chi connectivity index (χ4v) is 4.38. The first-order valence-electron chi connectivity index (χ1n) is 9.20. The highest BCUT2D eigenvalue weighted by atomic mass is 32.2. The third kappa shape index (κ3) is 5.78. The van der Waals surface area contributed by atoms with Crippen LogP contribution in [0.25, 0.3) is 0 Å². The number of aromatic nitrogens is 1. The molecule has 156 valence electrons. The summed E-state index contributed by atoms with van der Waals surface area (Å²) < 4.78 is 17.4. The van der Waals surface area contributed by atoms with Crippen LogP contribution in [0.15, 0.2) is 82.3 Å². The zero-order valence-corrected chi connectivity index (χ0v) is 17.4. The van der Waals surface area contributed by atoms with E-state index in [2.05, 4.69) is 26.5 Å². The first kappa shape index (κ1) is 21.7. The van der Waals surface area contributed by atoms with Crippen molar-refractivity contribution < 1.29 is 18.9 Å². The van der Waals surface area contributed by atoms with Gasteiger partial charge in [0.15, 0.2) is 0 Å². The Bertz CT molecular complexity index is 1300. The summed E-state index contributed by atoms with van der Waals surface area (Å²) in [6.07, 6.45) is 2.78. The highest BCUT2D eigenvalue weighted by molar-refractivity contribution is 7.94. The van der Waals surface area contributed by atoms with Crippen LogP contribution in [-0.2, 0) is 14.5 Å². The Labute approximate surface area is 180 Å². The third-order valence-electron chi connectivity index (χ3n) is 4.13. The van der Waals surface area contributed by atoms with Crippen molar-refractivity contribution in [3.8, 4) is 17.6 Å². The Morgan fingerprint density at radius 2 is 1.77 bits per heavy atom. The van der Waals surface area contributed by atoms with E-state index in [4.69, 9.17) is 0 Å². The number of hydrogen-bond donors (Lipinski definition) is 2. The van der Waals surface area contributed by atoms with Gasteiger partial charge < -0.3 is 10.4 Å². The highest BCUT2D eigenvalue weighted by Gasteiger charge is 2.20. The molecule has 31 heavy (non-hydrogen) atoms. The van der Waals surface area contributed by atoms with Crippen LogP contribution < -0.4 is 5.32 Å². The molecule has 2 aromatic carbocycles. The van der Waals surface area contributed by atoms with Gasteiger partial charge in [0.1, 0.15) is 11.5 Å². The number of amides is 2. The van der Waals surface area contributed by atoms with Gasteiger partial charge in [-0.25, -0.2) is 4.21 Å². The minimum absolute atomic E-state index is 0.0967. The second-order valence-corrected chi connectivity index (χ2v) is 8.65. The summed E-state index contributed by atoms with van der Waals surface area (Å²) in [5.41, 5.74) is 1.14. The number of rotatable bonds is 4. The lowest BCUT2D eigenvalue weighted by Crippen LogP contribution is -2.27. The minimum Gasteiger partial charge on any atom is -0.508 e. The lowest BCUT2D eigenvalue weighted by atomic mass is 10.1. The van der Waals surface area contributed by atoms with Crippen molar-refractivity contribution >= 4 is 21.5 Å². The number of nitrogens with zero attached hydrogens (tertiary/aromatic N) is 2. The average molecular weight is 433 g/mol. The number of benzene rings is 2. The zero-order chi connectivity index (χ0) is 22.3. The smallest absolute Gasteiger partial charge is 0.286 e. The molecule has 1 heterocycles. The van der Waals surface area contributed by atoms with Gasteiger partial charge >= 0.3 is 0 Å². The van der Waals surface area contributed by atoms with Crippen LogP contribution in [0.4, 0.5) is 0 Å². The molecule has 0 saturated heterocycles. The first-order chi connectivity index (χ1) is 14.9. The molecular formula is C23H19N3O4S. The van der Waals surface area contributed by atoms with Gasteiger partial charge in [-0.15, -0.1) is 0 Å². The van der Waals surface area contributed by atoms with Gasteiger partial charge in [0, 0.05) is 35.5 Å². The van der Waals surface area contributed by atoms with Gasteiger partial charge in [0.05, 0.1) is 15.3 Å². The van der Waals surface area contributed by atoms with Crippen LogP contribution in [0.1, 0.15) is 21.5 Å². The summed E-state index contributed by atoms with van der Waals surface area (Å²) in [5, 5.41) is 11.9. The molecule has 1 aromatic heterocycles. The average Bonchev–Trinajstić information content (AvgIpc) is 2.78. The molecule has 3 aromatic rings. The van der Waals surface area contributed by atoms with E-state index in [1.807, 2.05) is 0 Å². The molecule has 0 bridgehead atoms. The van der Waals surface area contributed by atoms with E-state index in [1.54, 1.807) is 42.5 Å². The van der Waals surface area contributed by atoms with E-state index >= 15 is 0 Å². The Balaban J connectivity index is 1.96. The SMILES string of the molecule is CNC(=O)C[S@@](=O)(=NC(=O)c1cncc(C#Cc2cccc(O)c2)c1)c1ccccc1.